The number of halogens is 3. The van der Waals surface area contributed by atoms with Crippen molar-refractivity contribution >= 4 is 23.3 Å². The van der Waals surface area contributed by atoms with Gasteiger partial charge in [0, 0.05) is 47.8 Å². The second-order valence-electron chi connectivity index (χ2n) is 9.44. The van der Waals surface area contributed by atoms with Crippen LogP contribution in [0.5, 0.6) is 0 Å². The second kappa shape index (κ2) is 11.3. The fourth-order valence-electron chi connectivity index (χ4n) is 4.33. The minimum absolute atomic E-state index is 0.1000. The summed E-state index contributed by atoms with van der Waals surface area (Å²) in [6.07, 6.45) is 3.79. The van der Waals surface area contributed by atoms with Gasteiger partial charge < -0.3 is 20.7 Å². The van der Waals surface area contributed by atoms with Crippen LogP contribution in [-0.4, -0.2) is 68.3 Å². The predicted octanol–water partition coefficient (Wildman–Crippen LogP) is 3.80. The molecule has 3 aromatic heterocycles. The van der Waals surface area contributed by atoms with Gasteiger partial charge in [-0.2, -0.15) is 23.4 Å². The van der Waals surface area contributed by atoms with Crippen LogP contribution in [-0.2, 0) is 9.53 Å². The van der Waals surface area contributed by atoms with Gasteiger partial charge in [0.15, 0.2) is 5.65 Å². The molecule has 5 rings (SSSR count). The molecule has 1 aliphatic rings. The molecular formula is C26H27F3N8O3. The largest absolute Gasteiger partial charge is 0.405 e. The summed E-state index contributed by atoms with van der Waals surface area (Å²) in [5, 5.41) is 16.1. The van der Waals surface area contributed by atoms with E-state index in [0.29, 0.717) is 35.8 Å². The zero-order valence-electron chi connectivity index (χ0n) is 21.5. The molecule has 4 heterocycles. The number of carbonyl (C=O) groups is 2. The standard InChI is InChI=1S/C26H27F3N8O3/c1-16(24(38)34-20-5-7-40-8-6-20)36-14-19(12-32-36)18-10-23-30-13-22(37(23)33-11-18)17-3-2-4-21(9-17)35-25(39)31-15-26(27,28)29/h2-4,9-14,16,20H,5-8,15H2,1H3,(H,34,38)(H2,31,35,39). The Kier molecular flexibility index (Phi) is 7.69. The zero-order valence-corrected chi connectivity index (χ0v) is 21.5. The molecule has 3 amide bonds. The first-order valence-corrected chi connectivity index (χ1v) is 12.6. The maximum absolute atomic E-state index is 12.7. The highest BCUT2D eigenvalue weighted by molar-refractivity contribution is 5.90. The molecule has 1 atom stereocenters. The summed E-state index contributed by atoms with van der Waals surface area (Å²) in [6, 6.07) is 7.08. The van der Waals surface area contributed by atoms with Crippen LogP contribution in [0.2, 0.25) is 0 Å². The van der Waals surface area contributed by atoms with Gasteiger partial charge in [-0.25, -0.2) is 14.3 Å². The molecule has 1 unspecified atom stereocenters. The highest BCUT2D eigenvalue weighted by Gasteiger charge is 2.27. The molecule has 40 heavy (non-hydrogen) atoms. The summed E-state index contributed by atoms with van der Waals surface area (Å²) < 4.78 is 45.6. The van der Waals surface area contributed by atoms with Crippen LogP contribution in [0.4, 0.5) is 23.7 Å². The molecule has 3 N–H and O–H groups in total. The smallest absolute Gasteiger partial charge is 0.381 e. The van der Waals surface area contributed by atoms with Gasteiger partial charge in [0.1, 0.15) is 12.6 Å². The van der Waals surface area contributed by atoms with E-state index < -0.39 is 24.8 Å². The van der Waals surface area contributed by atoms with E-state index in [4.69, 9.17) is 4.74 Å². The van der Waals surface area contributed by atoms with Crippen molar-refractivity contribution in [2.45, 2.75) is 38.0 Å². The van der Waals surface area contributed by atoms with E-state index in [-0.39, 0.29) is 11.9 Å². The van der Waals surface area contributed by atoms with Crippen molar-refractivity contribution in [3.05, 3.63) is 55.1 Å². The predicted molar refractivity (Wildman–Crippen MR) is 139 cm³/mol. The number of fused-ring (bicyclic) bond motifs is 1. The summed E-state index contributed by atoms with van der Waals surface area (Å²) in [4.78, 5) is 29.0. The maximum Gasteiger partial charge on any atom is 0.405 e. The van der Waals surface area contributed by atoms with Gasteiger partial charge in [0.2, 0.25) is 5.91 Å². The topological polar surface area (TPSA) is 127 Å². The van der Waals surface area contributed by atoms with E-state index in [1.165, 1.54) is 0 Å². The van der Waals surface area contributed by atoms with E-state index in [1.54, 1.807) is 70.5 Å². The molecule has 1 aromatic carbocycles. The lowest BCUT2D eigenvalue weighted by Crippen LogP contribution is -2.42. The van der Waals surface area contributed by atoms with Gasteiger partial charge in [-0.3, -0.25) is 9.48 Å². The molecule has 0 bridgehead atoms. The first-order valence-electron chi connectivity index (χ1n) is 12.6. The molecule has 0 aliphatic carbocycles. The number of hydrogen-bond acceptors (Lipinski definition) is 6. The van der Waals surface area contributed by atoms with Crippen LogP contribution in [0.1, 0.15) is 25.8 Å². The van der Waals surface area contributed by atoms with Crippen molar-refractivity contribution in [3.63, 3.8) is 0 Å². The molecule has 4 aromatic rings. The molecule has 1 fully saturated rings. The van der Waals surface area contributed by atoms with Crippen LogP contribution in [0.15, 0.2) is 55.1 Å². The van der Waals surface area contributed by atoms with Crippen LogP contribution >= 0.6 is 0 Å². The van der Waals surface area contributed by atoms with Crippen LogP contribution in [0.25, 0.3) is 28.0 Å². The summed E-state index contributed by atoms with van der Waals surface area (Å²) in [6.45, 7) is 1.64. The molecule has 0 saturated carbocycles. The Bertz CT molecular complexity index is 1510. The molecule has 1 saturated heterocycles. The summed E-state index contributed by atoms with van der Waals surface area (Å²) in [7, 11) is 0. The molecular weight excluding hydrogens is 529 g/mol. The lowest BCUT2D eigenvalue weighted by molar-refractivity contribution is -0.125. The average molecular weight is 557 g/mol. The van der Waals surface area contributed by atoms with E-state index in [2.05, 4.69) is 25.8 Å². The van der Waals surface area contributed by atoms with E-state index >= 15 is 0 Å². The number of anilines is 1. The van der Waals surface area contributed by atoms with E-state index in [1.807, 2.05) is 6.07 Å². The summed E-state index contributed by atoms with van der Waals surface area (Å²) in [5.74, 6) is -0.109. The maximum atomic E-state index is 12.7. The van der Waals surface area contributed by atoms with Crippen LogP contribution in [0.3, 0.4) is 0 Å². The normalized spacial score (nSPS) is 15.1. The van der Waals surface area contributed by atoms with Crippen molar-refractivity contribution < 1.29 is 27.5 Å². The number of ether oxygens (including phenoxy) is 1. The van der Waals surface area contributed by atoms with E-state index in [9.17, 15) is 22.8 Å². The Balaban J connectivity index is 1.28. The van der Waals surface area contributed by atoms with Gasteiger partial charge >= 0.3 is 12.2 Å². The number of amides is 3. The van der Waals surface area contributed by atoms with Gasteiger partial charge in [0.25, 0.3) is 0 Å². The fraction of sp³-hybridized carbons (Fsp3) is 0.346. The number of aromatic nitrogens is 5. The highest BCUT2D eigenvalue weighted by atomic mass is 19.4. The van der Waals surface area contributed by atoms with Gasteiger partial charge in [-0.15, -0.1) is 0 Å². The molecule has 14 heteroatoms. The lowest BCUT2D eigenvalue weighted by atomic mass is 10.1. The first-order chi connectivity index (χ1) is 19.2. The molecule has 0 radical (unpaired) electrons. The third kappa shape index (κ3) is 6.39. The lowest BCUT2D eigenvalue weighted by Gasteiger charge is -2.24. The Hall–Kier alpha value is -4.46. The molecule has 210 valence electrons. The molecule has 0 spiro atoms. The molecule has 11 nitrogen and oxygen atoms in total. The van der Waals surface area contributed by atoms with Crippen molar-refractivity contribution in [1.82, 2.24) is 35.0 Å². The fourth-order valence-corrected chi connectivity index (χ4v) is 4.33. The third-order valence-corrected chi connectivity index (χ3v) is 6.51. The van der Waals surface area contributed by atoms with Crippen LogP contribution in [0, 0.1) is 0 Å². The minimum Gasteiger partial charge on any atom is -0.381 e. The zero-order chi connectivity index (χ0) is 28.3. The van der Waals surface area contributed by atoms with Gasteiger partial charge in [-0.05, 0) is 38.0 Å². The van der Waals surface area contributed by atoms with E-state index in [0.717, 1.165) is 24.0 Å². The number of benzene rings is 1. The summed E-state index contributed by atoms with van der Waals surface area (Å²) >= 11 is 0. The van der Waals surface area contributed by atoms with Gasteiger partial charge in [0.05, 0.1) is 24.3 Å². The minimum atomic E-state index is -4.50. The Morgan fingerprint density at radius 3 is 2.62 bits per heavy atom. The van der Waals surface area contributed by atoms with Gasteiger partial charge in [-0.1, -0.05) is 12.1 Å². The number of carbonyl (C=O) groups excluding carboxylic acids is 2. The Labute approximate surface area is 226 Å². The highest BCUT2D eigenvalue weighted by Crippen LogP contribution is 2.26. The SMILES string of the molecule is CC(C(=O)NC1CCOCC1)n1cc(-c2cnn3c(-c4cccc(NC(=O)NCC(F)(F)F)c4)cnc3c2)cn1. The molecule has 1 aliphatic heterocycles. The Morgan fingerprint density at radius 2 is 1.85 bits per heavy atom. The number of alkyl halides is 3. The number of nitrogens with zero attached hydrogens (tertiary/aromatic N) is 5. The average Bonchev–Trinajstić information content (AvgIpc) is 3.59. The quantitative estimate of drug-likeness (QED) is 0.318. The van der Waals surface area contributed by atoms with Crippen molar-refractivity contribution in [3.8, 4) is 22.4 Å². The number of rotatable bonds is 7. The monoisotopic (exact) mass is 556 g/mol. The second-order valence-corrected chi connectivity index (χ2v) is 9.44. The first kappa shape index (κ1) is 27.1. The van der Waals surface area contributed by atoms with Crippen molar-refractivity contribution in [2.24, 2.45) is 0 Å². The van der Waals surface area contributed by atoms with Crippen molar-refractivity contribution in [2.75, 3.05) is 25.1 Å². The number of nitrogens with one attached hydrogen (secondary N) is 3. The third-order valence-electron chi connectivity index (χ3n) is 6.51. The van der Waals surface area contributed by atoms with Crippen molar-refractivity contribution in [1.29, 1.82) is 0 Å². The number of urea groups is 1. The Morgan fingerprint density at radius 1 is 1.07 bits per heavy atom. The number of imidazole rings is 1. The number of hydrogen-bond donors (Lipinski definition) is 3. The summed E-state index contributed by atoms with van der Waals surface area (Å²) in [5.41, 5.74) is 3.65. The van der Waals surface area contributed by atoms with Crippen LogP contribution < -0.4 is 16.0 Å².